The number of unbranched alkanes of at least 4 members (excludes halogenated alkanes) is 26. The van der Waals surface area contributed by atoms with Gasteiger partial charge in [-0.15, -0.1) is 0 Å². The number of rotatable bonds is 39. The molecule has 0 aliphatic carbocycles. The van der Waals surface area contributed by atoms with E-state index in [4.69, 9.17) is 9.84 Å². The predicted octanol–water partition coefficient (Wildman–Crippen LogP) is 14.8. The Kier molecular flexibility index (Phi) is 38.5. The van der Waals surface area contributed by atoms with Crippen LogP contribution in [0.2, 0.25) is 0 Å². The van der Waals surface area contributed by atoms with Crippen molar-refractivity contribution in [1.29, 1.82) is 0 Å². The Hall–Kier alpha value is -1.58. The van der Waals surface area contributed by atoms with Crippen LogP contribution in [0.3, 0.4) is 0 Å². The molecular formula is C44H82O4. The third-order valence-electron chi connectivity index (χ3n) is 9.66. The minimum atomic E-state index is -0.662. The Bertz CT molecular complexity index is 727. The quantitative estimate of drug-likeness (QED) is 0.0400. The second-order valence-corrected chi connectivity index (χ2v) is 14.5. The third-order valence-corrected chi connectivity index (χ3v) is 9.66. The first-order valence-corrected chi connectivity index (χ1v) is 21.3. The normalized spacial score (nSPS) is 12.4. The number of allylic oxidation sites excluding steroid dienone is 4. The van der Waals surface area contributed by atoms with E-state index in [1.807, 2.05) is 0 Å². The number of carbonyl (C=O) groups is 2. The maximum atomic E-state index is 12.4. The number of hydrogen-bond acceptors (Lipinski definition) is 3. The molecule has 0 aliphatic heterocycles. The fraction of sp³-hybridized carbons (Fsp3) is 0.864. The highest BCUT2D eigenvalue weighted by Crippen LogP contribution is 2.18. The molecule has 0 aromatic heterocycles. The molecule has 48 heavy (non-hydrogen) atoms. The fourth-order valence-electron chi connectivity index (χ4n) is 6.56. The molecule has 0 radical (unpaired) electrons. The molecular weight excluding hydrogens is 592 g/mol. The first-order chi connectivity index (χ1) is 23.6. The highest BCUT2D eigenvalue weighted by atomic mass is 16.5. The Labute approximate surface area is 299 Å². The number of carbonyl (C=O) groups excluding carboxylic acids is 1. The summed E-state index contributed by atoms with van der Waals surface area (Å²) in [5.74, 6) is -0.633. The van der Waals surface area contributed by atoms with Gasteiger partial charge in [0.1, 0.15) is 6.10 Å². The molecule has 4 nitrogen and oxygen atoms in total. The van der Waals surface area contributed by atoms with Gasteiger partial charge in [0.2, 0.25) is 0 Å². The van der Waals surface area contributed by atoms with Crippen LogP contribution >= 0.6 is 0 Å². The SMILES string of the molecule is CCCCC/C=C\C/C=C\CCCCCCCCCC(=O)OC(CCC)CCCCCCCCCCCCCCCCCCCC(=O)O. The molecule has 0 aromatic rings. The molecule has 1 N–H and O–H groups in total. The third kappa shape index (κ3) is 38.9. The van der Waals surface area contributed by atoms with Gasteiger partial charge in [0, 0.05) is 12.8 Å². The second-order valence-electron chi connectivity index (χ2n) is 14.5. The minimum absolute atomic E-state index is 0.0287. The number of carboxylic acid groups (broad SMARTS) is 1. The molecule has 0 heterocycles. The zero-order valence-electron chi connectivity index (χ0n) is 32.3. The van der Waals surface area contributed by atoms with Crippen LogP contribution < -0.4 is 0 Å². The van der Waals surface area contributed by atoms with Gasteiger partial charge in [-0.3, -0.25) is 9.59 Å². The monoisotopic (exact) mass is 675 g/mol. The van der Waals surface area contributed by atoms with E-state index >= 15 is 0 Å². The van der Waals surface area contributed by atoms with E-state index in [1.54, 1.807) is 0 Å². The summed E-state index contributed by atoms with van der Waals surface area (Å²) in [5.41, 5.74) is 0. The molecule has 0 bridgehead atoms. The maximum absolute atomic E-state index is 12.4. The van der Waals surface area contributed by atoms with Gasteiger partial charge < -0.3 is 9.84 Å². The van der Waals surface area contributed by atoms with Crippen molar-refractivity contribution < 1.29 is 19.4 Å². The molecule has 0 saturated carbocycles. The number of aliphatic carboxylic acids is 1. The van der Waals surface area contributed by atoms with E-state index in [9.17, 15) is 9.59 Å². The van der Waals surface area contributed by atoms with Crippen LogP contribution in [0.5, 0.6) is 0 Å². The lowest BCUT2D eigenvalue weighted by molar-refractivity contribution is -0.150. The summed E-state index contributed by atoms with van der Waals surface area (Å²) in [6.07, 6.45) is 51.3. The minimum Gasteiger partial charge on any atom is -0.481 e. The molecule has 0 aromatic carbocycles. The summed E-state index contributed by atoms with van der Waals surface area (Å²) in [4.78, 5) is 23.0. The Morgan fingerprint density at radius 3 is 1.29 bits per heavy atom. The van der Waals surface area contributed by atoms with Crippen molar-refractivity contribution in [3.63, 3.8) is 0 Å². The van der Waals surface area contributed by atoms with Gasteiger partial charge in [-0.2, -0.15) is 0 Å². The van der Waals surface area contributed by atoms with Crippen molar-refractivity contribution in [3.05, 3.63) is 24.3 Å². The van der Waals surface area contributed by atoms with Gasteiger partial charge in [0.05, 0.1) is 0 Å². The van der Waals surface area contributed by atoms with E-state index in [0.29, 0.717) is 12.8 Å². The van der Waals surface area contributed by atoms with E-state index in [1.165, 1.54) is 161 Å². The molecule has 0 saturated heterocycles. The van der Waals surface area contributed by atoms with Crippen LogP contribution in [0.15, 0.2) is 24.3 Å². The van der Waals surface area contributed by atoms with Gasteiger partial charge in [-0.05, 0) is 64.2 Å². The largest absolute Gasteiger partial charge is 0.481 e. The van der Waals surface area contributed by atoms with Crippen LogP contribution in [-0.2, 0) is 14.3 Å². The van der Waals surface area contributed by atoms with Gasteiger partial charge >= 0.3 is 11.9 Å². The standard InChI is InChI=1S/C44H82O4/c1-3-5-6-7-8-9-10-11-12-14-19-22-25-28-31-34-37-41-44(47)48-42(38-4-2)39-35-32-29-26-23-20-17-15-13-16-18-21-24-27-30-33-36-40-43(45)46/h8-9,11-12,42H,3-7,10,13-41H2,1-2H3,(H,45,46)/b9-8-,12-11-. The van der Waals surface area contributed by atoms with Crippen molar-refractivity contribution in [2.45, 2.75) is 245 Å². The zero-order chi connectivity index (χ0) is 35.0. The molecule has 4 heteroatoms. The molecule has 1 atom stereocenters. The molecule has 0 spiro atoms. The van der Waals surface area contributed by atoms with E-state index in [-0.39, 0.29) is 12.1 Å². The van der Waals surface area contributed by atoms with E-state index < -0.39 is 5.97 Å². The molecule has 0 rings (SSSR count). The molecule has 282 valence electrons. The van der Waals surface area contributed by atoms with Gasteiger partial charge in [-0.1, -0.05) is 186 Å². The predicted molar refractivity (Wildman–Crippen MR) is 209 cm³/mol. The highest BCUT2D eigenvalue weighted by Gasteiger charge is 2.13. The number of esters is 1. The first kappa shape index (κ1) is 46.4. The summed E-state index contributed by atoms with van der Waals surface area (Å²) < 4.78 is 5.89. The molecule has 0 fully saturated rings. The number of hydrogen-bond donors (Lipinski definition) is 1. The lowest BCUT2D eigenvalue weighted by atomic mass is 10.0. The van der Waals surface area contributed by atoms with E-state index in [0.717, 1.165) is 51.4 Å². The number of carboxylic acids is 1. The van der Waals surface area contributed by atoms with Crippen molar-refractivity contribution in [1.82, 2.24) is 0 Å². The fourth-order valence-corrected chi connectivity index (χ4v) is 6.56. The maximum Gasteiger partial charge on any atom is 0.306 e. The zero-order valence-corrected chi connectivity index (χ0v) is 32.3. The van der Waals surface area contributed by atoms with E-state index in [2.05, 4.69) is 38.2 Å². The van der Waals surface area contributed by atoms with Crippen LogP contribution in [0.25, 0.3) is 0 Å². The van der Waals surface area contributed by atoms with Crippen LogP contribution in [0.1, 0.15) is 239 Å². The first-order valence-electron chi connectivity index (χ1n) is 21.3. The Morgan fingerprint density at radius 2 is 0.854 bits per heavy atom. The lowest BCUT2D eigenvalue weighted by Gasteiger charge is -2.17. The molecule has 0 aliphatic rings. The average molecular weight is 675 g/mol. The molecule has 0 amide bonds. The molecule has 1 unspecified atom stereocenters. The average Bonchev–Trinajstić information content (AvgIpc) is 3.07. The Morgan fingerprint density at radius 1 is 0.458 bits per heavy atom. The van der Waals surface area contributed by atoms with Gasteiger partial charge in [-0.25, -0.2) is 0 Å². The van der Waals surface area contributed by atoms with Crippen molar-refractivity contribution >= 4 is 11.9 Å². The highest BCUT2D eigenvalue weighted by molar-refractivity contribution is 5.69. The number of ether oxygens (including phenoxy) is 1. The Balaban J connectivity index is 3.51. The lowest BCUT2D eigenvalue weighted by Crippen LogP contribution is -2.18. The van der Waals surface area contributed by atoms with Crippen LogP contribution in [0.4, 0.5) is 0 Å². The topological polar surface area (TPSA) is 63.6 Å². The van der Waals surface area contributed by atoms with Crippen molar-refractivity contribution in [3.8, 4) is 0 Å². The summed E-state index contributed by atoms with van der Waals surface area (Å²) in [6, 6.07) is 0. The summed E-state index contributed by atoms with van der Waals surface area (Å²) >= 11 is 0. The van der Waals surface area contributed by atoms with Crippen molar-refractivity contribution in [2.24, 2.45) is 0 Å². The summed E-state index contributed by atoms with van der Waals surface area (Å²) in [7, 11) is 0. The van der Waals surface area contributed by atoms with Gasteiger partial charge in [0.25, 0.3) is 0 Å². The summed E-state index contributed by atoms with van der Waals surface area (Å²) in [6.45, 7) is 4.45. The van der Waals surface area contributed by atoms with Gasteiger partial charge in [0.15, 0.2) is 0 Å². The van der Waals surface area contributed by atoms with Crippen LogP contribution in [0, 0.1) is 0 Å². The second kappa shape index (κ2) is 39.9. The smallest absolute Gasteiger partial charge is 0.306 e. The van der Waals surface area contributed by atoms with Crippen molar-refractivity contribution in [2.75, 3.05) is 0 Å². The van der Waals surface area contributed by atoms with Crippen LogP contribution in [-0.4, -0.2) is 23.1 Å². The summed E-state index contributed by atoms with van der Waals surface area (Å²) in [5, 5.41) is 8.66.